The third-order valence-corrected chi connectivity index (χ3v) is 7.20. The third kappa shape index (κ3) is 3.42. The maximum Gasteiger partial charge on any atom is 0.306 e. The van der Waals surface area contributed by atoms with E-state index in [4.69, 9.17) is 10.00 Å². The molecule has 0 unspecified atom stereocenters. The van der Waals surface area contributed by atoms with Crippen LogP contribution in [0.3, 0.4) is 0 Å². The summed E-state index contributed by atoms with van der Waals surface area (Å²) in [7, 11) is 0. The van der Waals surface area contributed by atoms with Crippen molar-refractivity contribution in [2.24, 2.45) is 23.2 Å². The van der Waals surface area contributed by atoms with Gasteiger partial charge in [0.1, 0.15) is 11.6 Å². The molecule has 1 N–H and O–H groups in total. The quantitative estimate of drug-likeness (QED) is 0.806. The minimum atomic E-state index is -0.361. The normalized spacial score (nSPS) is 30.9. The Balaban J connectivity index is 1.36. The number of carbonyl (C=O) groups is 1. The lowest BCUT2D eigenvalue weighted by Crippen LogP contribution is -2.48. The molecule has 5 nitrogen and oxygen atoms in total. The molecule has 5 rings (SSSR count). The van der Waals surface area contributed by atoms with Gasteiger partial charge in [0.15, 0.2) is 0 Å². The van der Waals surface area contributed by atoms with Crippen molar-refractivity contribution >= 4 is 5.97 Å². The smallest absolute Gasteiger partial charge is 0.306 e. The van der Waals surface area contributed by atoms with E-state index in [0.717, 1.165) is 29.0 Å². The van der Waals surface area contributed by atoms with E-state index in [-0.39, 0.29) is 28.9 Å². The van der Waals surface area contributed by atoms with Crippen LogP contribution in [-0.2, 0) is 16.0 Å². The Morgan fingerprint density at radius 1 is 1.19 bits per heavy atom. The second-order valence-electron chi connectivity index (χ2n) is 9.25. The van der Waals surface area contributed by atoms with Gasteiger partial charge in [-0.15, -0.1) is 0 Å². The summed E-state index contributed by atoms with van der Waals surface area (Å²) >= 11 is 0. The summed E-state index contributed by atoms with van der Waals surface area (Å²) < 4.78 is 5.73. The molecular formula is C22H28N2O3. The first-order chi connectivity index (χ1) is 12.9. The number of aromatic amines is 1. The van der Waals surface area contributed by atoms with Crippen LogP contribution in [0.5, 0.6) is 0 Å². The lowest BCUT2D eigenvalue weighted by molar-refractivity contribution is -0.155. The van der Waals surface area contributed by atoms with E-state index < -0.39 is 0 Å². The van der Waals surface area contributed by atoms with Crippen LogP contribution in [0.15, 0.2) is 4.79 Å². The maximum absolute atomic E-state index is 12.4. The molecule has 1 aromatic rings. The molecule has 4 bridgehead atoms. The summed E-state index contributed by atoms with van der Waals surface area (Å²) in [5.74, 6) is 2.39. The van der Waals surface area contributed by atoms with Gasteiger partial charge in [0.2, 0.25) is 0 Å². The molecule has 4 aliphatic carbocycles. The Labute approximate surface area is 160 Å². The molecule has 0 aromatic carbocycles. The molecule has 0 aliphatic heterocycles. The van der Waals surface area contributed by atoms with Gasteiger partial charge < -0.3 is 9.72 Å². The summed E-state index contributed by atoms with van der Waals surface area (Å²) in [5, 5.41) is 9.17. The molecule has 0 radical (unpaired) electrons. The number of esters is 1. The SMILES string of the molecule is Cc1[nH]c(=O)c(C#N)c(C)c1CCC(=O)OCC12CC3CC(CC(C3)C1)C2. The lowest BCUT2D eigenvalue weighted by atomic mass is 9.50. The molecule has 1 aromatic heterocycles. The van der Waals surface area contributed by atoms with E-state index in [1.807, 2.05) is 13.0 Å². The number of nitriles is 1. The van der Waals surface area contributed by atoms with Crippen molar-refractivity contribution in [1.82, 2.24) is 4.98 Å². The van der Waals surface area contributed by atoms with E-state index in [9.17, 15) is 9.59 Å². The van der Waals surface area contributed by atoms with Crippen molar-refractivity contribution in [1.29, 1.82) is 5.26 Å². The zero-order valence-corrected chi connectivity index (χ0v) is 16.3. The van der Waals surface area contributed by atoms with Gasteiger partial charge >= 0.3 is 5.97 Å². The monoisotopic (exact) mass is 368 g/mol. The number of H-pyrrole nitrogens is 1. The minimum absolute atomic E-state index is 0.137. The molecule has 27 heavy (non-hydrogen) atoms. The van der Waals surface area contributed by atoms with Crippen molar-refractivity contribution < 1.29 is 9.53 Å². The van der Waals surface area contributed by atoms with Crippen molar-refractivity contribution in [2.75, 3.05) is 6.61 Å². The van der Waals surface area contributed by atoms with Gasteiger partial charge in [0.05, 0.1) is 6.61 Å². The van der Waals surface area contributed by atoms with Crippen molar-refractivity contribution in [3.63, 3.8) is 0 Å². The van der Waals surface area contributed by atoms with Gasteiger partial charge in [0, 0.05) is 17.5 Å². The molecule has 4 fully saturated rings. The lowest BCUT2D eigenvalue weighted by Gasteiger charge is -2.56. The number of hydrogen-bond acceptors (Lipinski definition) is 4. The van der Waals surface area contributed by atoms with Crippen LogP contribution < -0.4 is 5.56 Å². The van der Waals surface area contributed by atoms with Crippen LogP contribution in [0, 0.1) is 48.3 Å². The Morgan fingerprint density at radius 2 is 1.78 bits per heavy atom. The third-order valence-electron chi connectivity index (χ3n) is 7.20. The van der Waals surface area contributed by atoms with Crippen LogP contribution in [0.25, 0.3) is 0 Å². The fourth-order valence-corrected chi connectivity index (χ4v) is 6.42. The van der Waals surface area contributed by atoms with Crippen molar-refractivity contribution in [3.05, 3.63) is 32.7 Å². The topological polar surface area (TPSA) is 83.0 Å². The van der Waals surface area contributed by atoms with Gasteiger partial charge in [-0.1, -0.05) is 0 Å². The van der Waals surface area contributed by atoms with Crippen molar-refractivity contribution in [2.45, 2.75) is 65.2 Å². The maximum atomic E-state index is 12.4. The standard InChI is InChI=1S/C22H28N2O3/c1-13-18(14(2)24-21(26)19(13)11-23)3-4-20(25)27-12-22-8-15-5-16(9-22)7-17(6-15)10-22/h15-17H,3-10,12H2,1-2H3,(H,24,26). The van der Waals surface area contributed by atoms with E-state index >= 15 is 0 Å². The fourth-order valence-electron chi connectivity index (χ4n) is 6.42. The average molecular weight is 368 g/mol. The first-order valence-electron chi connectivity index (χ1n) is 10.2. The molecule has 0 amide bonds. The minimum Gasteiger partial charge on any atom is -0.465 e. The van der Waals surface area contributed by atoms with Crippen molar-refractivity contribution in [3.8, 4) is 6.07 Å². The molecule has 4 saturated carbocycles. The van der Waals surface area contributed by atoms with Crippen LogP contribution >= 0.6 is 0 Å². The molecule has 144 valence electrons. The van der Waals surface area contributed by atoms with Crippen LogP contribution in [0.1, 0.15) is 67.3 Å². The number of carbonyl (C=O) groups excluding carboxylic acids is 1. The highest BCUT2D eigenvalue weighted by Gasteiger charge is 2.51. The molecule has 1 heterocycles. The summed E-state index contributed by atoms with van der Waals surface area (Å²) in [4.78, 5) is 26.9. The first-order valence-corrected chi connectivity index (χ1v) is 10.2. The number of nitrogens with zero attached hydrogens (tertiary/aromatic N) is 1. The molecule has 0 saturated heterocycles. The highest BCUT2D eigenvalue weighted by Crippen LogP contribution is 2.60. The number of nitrogens with one attached hydrogen (secondary N) is 1. The number of pyridine rings is 1. The Morgan fingerprint density at radius 3 is 2.33 bits per heavy atom. The second-order valence-corrected chi connectivity index (χ2v) is 9.25. The number of ether oxygens (including phenoxy) is 1. The molecule has 0 atom stereocenters. The Hall–Kier alpha value is -2.09. The predicted molar refractivity (Wildman–Crippen MR) is 101 cm³/mol. The van der Waals surface area contributed by atoms with E-state index in [0.29, 0.717) is 18.6 Å². The number of hydrogen-bond donors (Lipinski definition) is 1. The van der Waals surface area contributed by atoms with E-state index in [1.54, 1.807) is 6.92 Å². The fraction of sp³-hybridized carbons (Fsp3) is 0.682. The largest absolute Gasteiger partial charge is 0.465 e. The van der Waals surface area contributed by atoms with Crippen LogP contribution in [-0.4, -0.2) is 17.6 Å². The summed E-state index contributed by atoms with van der Waals surface area (Å²) in [6, 6.07) is 1.96. The van der Waals surface area contributed by atoms with Gasteiger partial charge in [-0.3, -0.25) is 9.59 Å². The van der Waals surface area contributed by atoms with Crippen LogP contribution in [0.4, 0.5) is 0 Å². The van der Waals surface area contributed by atoms with Gasteiger partial charge in [-0.05, 0) is 87.7 Å². The number of aryl methyl sites for hydroxylation is 1. The second kappa shape index (κ2) is 6.82. The highest BCUT2D eigenvalue weighted by molar-refractivity contribution is 5.70. The molecular weight excluding hydrogens is 340 g/mol. The molecule has 0 spiro atoms. The van der Waals surface area contributed by atoms with Gasteiger partial charge in [-0.2, -0.15) is 5.26 Å². The Bertz CT molecular complexity index is 826. The zero-order chi connectivity index (χ0) is 19.2. The Kier molecular flexibility index (Phi) is 4.61. The van der Waals surface area contributed by atoms with E-state index in [2.05, 4.69) is 4.98 Å². The summed E-state index contributed by atoms with van der Waals surface area (Å²) in [6.07, 6.45) is 8.63. The predicted octanol–water partition coefficient (Wildman–Crippen LogP) is 3.56. The number of rotatable bonds is 5. The van der Waals surface area contributed by atoms with E-state index in [1.165, 1.54) is 38.5 Å². The zero-order valence-electron chi connectivity index (χ0n) is 16.3. The van der Waals surface area contributed by atoms with Crippen LogP contribution in [0.2, 0.25) is 0 Å². The average Bonchev–Trinajstić information content (AvgIpc) is 2.59. The highest BCUT2D eigenvalue weighted by atomic mass is 16.5. The molecule has 4 aliphatic rings. The summed E-state index contributed by atoms with van der Waals surface area (Å²) in [6.45, 7) is 4.16. The van der Waals surface area contributed by atoms with Gasteiger partial charge in [0.25, 0.3) is 5.56 Å². The van der Waals surface area contributed by atoms with Gasteiger partial charge in [-0.25, -0.2) is 0 Å². The molecule has 5 heteroatoms. The number of aromatic nitrogens is 1. The first kappa shape index (κ1) is 18.3. The summed E-state index contributed by atoms with van der Waals surface area (Å²) in [5.41, 5.74) is 2.29.